The second-order valence-corrected chi connectivity index (χ2v) is 7.34. The van der Waals surface area contributed by atoms with Gasteiger partial charge in [0.2, 0.25) is 5.82 Å². The summed E-state index contributed by atoms with van der Waals surface area (Å²) in [5, 5.41) is 7.04. The number of pyridine rings is 1. The monoisotopic (exact) mass is 442 g/mol. The second kappa shape index (κ2) is 8.54. The molecule has 0 fully saturated rings. The first kappa shape index (κ1) is 20.4. The largest absolute Gasteiger partial charge is 0.487 e. The first-order valence-corrected chi connectivity index (χ1v) is 10.2. The number of hydrogen-bond donors (Lipinski definition) is 1. The minimum Gasteiger partial charge on any atom is -0.487 e. The number of rotatable bonds is 6. The molecule has 0 bridgehead atoms. The number of fused-ring (bicyclic) bond motifs is 1. The van der Waals surface area contributed by atoms with Gasteiger partial charge in [-0.25, -0.2) is 19.0 Å². The lowest BCUT2D eigenvalue weighted by Crippen LogP contribution is -2.14. The molecule has 0 radical (unpaired) electrons. The fourth-order valence-corrected chi connectivity index (χ4v) is 3.38. The normalized spacial score (nSPS) is 11.0. The van der Waals surface area contributed by atoms with Gasteiger partial charge >= 0.3 is 0 Å². The number of benzene rings is 2. The van der Waals surface area contributed by atoms with Crippen LogP contribution in [0.5, 0.6) is 5.75 Å². The lowest BCUT2D eigenvalue weighted by Gasteiger charge is -2.07. The predicted octanol–water partition coefficient (Wildman–Crippen LogP) is 4.19. The van der Waals surface area contributed by atoms with Crippen LogP contribution < -0.4 is 10.1 Å². The van der Waals surface area contributed by atoms with Gasteiger partial charge < -0.3 is 14.5 Å². The highest BCUT2D eigenvalue weighted by Gasteiger charge is 2.16. The number of ether oxygens (including phenoxy) is 1. The number of carbonyl (C=O) groups excluding carboxylic acids is 1. The topological polar surface area (TPSA) is 86.3 Å². The van der Waals surface area contributed by atoms with E-state index in [0.717, 1.165) is 11.3 Å². The predicted molar refractivity (Wildman–Crippen MR) is 120 cm³/mol. The number of carbonyl (C=O) groups is 1. The molecule has 0 aliphatic heterocycles. The molecule has 164 valence electrons. The van der Waals surface area contributed by atoms with Crippen LogP contribution in [0, 0.1) is 12.7 Å². The summed E-state index contributed by atoms with van der Waals surface area (Å²) in [7, 11) is 0. The number of aryl methyl sites for hydroxylation is 1. The summed E-state index contributed by atoms with van der Waals surface area (Å²) in [5.74, 6) is 0.296. The van der Waals surface area contributed by atoms with Gasteiger partial charge in [0.25, 0.3) is 5.91 Å². The van der Waals surface area contributed by atoms with Gasteiger partial charge in [-0.2, -0.15) is 0 Å². The lowest BCUT2D eigenvalue weighted by atomic mass is 10.3. The summed E-state index contributed by atoms with van der Waals surface area (Å²) in [4.78, 5) is 21.4. The molecule has 0 aliphatic rings. The van der Waals surface area contributed by atoms with Crippen molar-refractivity contribution in [2.24, 2.45) is 0 Å². The third kappa shape index (κ3) is 4.42. The molecule has 3 aromatic heterocycles. The molecule has 2 aromatic carbocycles. The molecular formula is C24H19FN6O2. The van der Waals surface area contributed by atoms with Crippen LogP contribution in [0.2, 0.25) is 0 Å². The number of amides is 1. The van der Waals surface area contributed by atoms with E-state index >= 15 is 0 Å². The van der Waals surface area contributed by atoms with Crippen LogP contribution in [0.15, 0.2) is 79.1 Å². The van der Waals surface area contributed by atoms with Crippen molar-refractivity contribution in [3.8, 4) is 11.4 Å². The van der Waals surface area contributed by atoms with E-state index < -0.39 is 5.91 Å². The molecule has 5 rings (SSSR count). The van der Waals surface area contributed by atoms with Gasteiger partial charge in [0.1, 0.15) is 29.6 Å². The number of aromatic nitrogens is 5. The molecule has 8 nitrogen and oxygen atoms in total. The fourth-order valence-electron chi connectivity index (χ4n) is 3.38. The summed E-state index contributed by atoms with van der Waals surface area (Å²) in [6.45, 7) is 2.02. The van der Waals surface area contributed by atoms with E-state index in [2.05, 4.69) is 20.4 Å². The average molecular weight is 442 g/mol. The Morgan fingerprint density at radius 3 is 2.73 bits per heavy atom. The highest BCUT2D eigenvalue weighted by atomic mass is 19.1. The van der Waals surface area contributed by atoms with Gasteiger partial charge in [-0.15, -0.1) is 5.10 Å². The maximum atomic E-state index is 13.2. The van der Waals surface area contributed by atoms with Crippen molar-refractivity contribution in [3.63, 3.8) is 0 Å². The van der Waals surface area contributed by atoms with Gasteiger partial charge in [-0.1, -0.05) is 12.1 Å². The number of nitrogens with zero attached hydrogens (tertiary/aromatic N) is 5. The Morgan fingerprint density at radius 1 is 1.06 bits per heavy atom. The molecule has 0 aliphatic carbocycles. The van der Waals surface area contributed by atoms with Crippen LogP contribution in [0.4, 0.5) is 10.1 Å². The van der Waals surface area contributed by atoms with E-state index in [0.29, 0.717) is 29.6 Å². The molecule has 0 saturated carbocycles. The first-order valence-electron chi connectivity index (χ1n) is 10.2. The van der Waals surface area contributed by atoms with Crippen molar-refractivity contribution in [3.05, 3.63) is 102 Å². The maximum Gasteiger partial charge on any atom is 0.295 e. The molecule has 9 heteroatoms. The molecule has 3 heterocycles. The molecule has 33 heavy (non-hydrogen) atoms. The van der Waals surface area contributed by atoms with E-state index in [1.54, 1.807) is 43.3 Å². The molecule has 5 aromatic rings. The van der Waals surface area contributed by atoms with Gasteiger partial charge in [-0.05, 0) is 55.5 Å². The highest BCUT2D eigenvalue weighted by molar-refractivity contribution is 6.01. The van der Waals surface area contributed by atoms with E-state index in [1.807, 2.05) is 35.0 Å². The molecule has 0 saturated heterocycles. The van der Waals surface area contributed by atoms with Gasteiger partial charge in [-0.3, -0.25) is 4.79 Å². The first-order chi connectivity index (χ1) is 16.0. The van der Waals surface area contributed by atoms with Crippen LogP contribution >= 0.6 is 0 Å². The molecule has 0 unspecified atom stereocenters. The quantitative estimate of drug-likeness (QED) is 0.426. The summed E-state index contributed by atoms with van der Waals surface area (Å²) < 4.78 is 22.4. The standard InChI is InChI=1S/C24H19FN6O2/c1-16-26-23(29-31(16)20-10-8-17(25)9-11-20)24(32)28-18-5-4-6-21(13-18)33-15-19-14-30-12-3-2-7-22(30)27-19/h2-14H,15H2,1H3,(H,28,32). The van der Waals surface area contributed by atoms with Gasteiger partial charge in [0.15, 0.2) is 0 Å². The van der Waals surface area contributed by atoms with E-state index in [4.69, 9.17) is 4.74 Å². The van der Waals surface area contributed by atoms with Crippen LogP contribution in [0.3, 0.4) is 0 Å². The Balaban J connectivity index is 1.27. The van der Waals surface area contributed by atoms with Crippen molar-refractivity contribution in [2.75, 3.05) is 5.32 Å². The maximum absolute atomic E-state index is 13.2. The van der Waals surface area contributed by atoms with Crippen LogP contribution in [0.1, 0.15) is 22.1 Å². The minimum absolute atomic E-state index is 0.00727. The zero-order chi connectivity index (χ0) is 22.8. The van der Waals surface area contributed by atoms with Crippen molar-refractivity contribution in [2.45, 2.75) is 13.5 Å². The van der Waals surface area contributed by atoms with Crippen LogP contribution in [-0.4, -0.2) is 30.1 Å². The molecule has 0 spiro atoms. The SMILES string of the molecule is Cc1nc(C(=O)Nc2cccc(OCc3cn4ccccc4n3)c2)nn1-c1ccc(F)cc1. The highest BCUT2D eigenvalue weighted by Crippen LogP contribution is 2.19. The smallest absolute Gasteiger partial charge is 0.295 e. The van der Waals surface area contributed by atoms with Crippen molar-refractivity contribution >= 4 is 17.2 Å². The van der Waals surface area contributed by atoms with Gasteiger partial charge in [0.05, 0.1) is 11.4 Å². The fraction of sp³-hybridized carbons (Fsp3) is 0.0833. The van der Waals surface area contributed by atoms with Crippen molar-refractivity contribution in [1.82, 2.24) is 24.1 Å². The Hall–Kier alpha value is -4.53. The van der Waals surface area contributed by atoms with E-state index in [-0.39, 0.29) is 11.6 Å². The average Bonchev–Trinajstić information content (AvgIpc) is 3.42. The number of halogens is 1. The molecule has 1 N–H and O–H groups in total. The summed E-state index contributed by atoms with van der Waals surface area (Å²) in [6.07, 6.45) is 3.83. The molecule has 0 atom stereocenters. The number of hydrogen-bond acceptors (Lipinski definition) is 5. The number of imidazole rings is 1. The lowest BCUT2D eigenvalue weighted by molar-refractivity contribution is 0.101. The summed E-state index contributed by atoms with van der Waals surface area (Å²) >= 11 is 0. The Labute approximate surface area is 188 Å². The van der Waals surface area contributed by atoms with E-state index in [1.165, 1.54) is 16.8 Å². The van der Waals surface area contributed by atoms with Gasteiger partial charge in [0, 0.05) is 24.1 Å². The Bertz CT molecular complexity index is 1410. The third-order valence-electron chi connectivity index (χ3n) is 4.94. The minimum atomic E-state index is -0.462. The number of anilines is 1. The summed E-state index contributed by atoms with van der Waals surface area (Å²) in [5.41, 5.74) is 2.80. The zero-order valence-corrected chi connectivity index (χ0v) is 17.6. The Morgan fingerprint density at radius 2 is 1.91 bits per heavy atom. The Kier molecular flexibility index (Phi) is 5.27. The van der Waals surface area contributed by atoms with Crippen LogP contribution in [-0.2, 0) is 6.61 Å². The molecule has 1 amide bonds. The molecular weight excluding hydrogens is 423 g/mol. The van der Waals surface area contributed by atoms with Crippen molar-refractivity contribution in [1.29, 1.82) is 0 Å². The summed E-state index contributed by atoms with van der Waals surface area (Å²) in [6, 6.07) is 18.6. The second-order valence-electron chi connectivity index (χ2n) is 7.34. The van der Waals surface area contributed by atoms with Crippen molar-refractivity contribution < 1.29 is 13.9 Å². The zero-order valence-electron chi connectivity index (χ0n) is 17.6. The van der Waals surface area contributed by atoms with E-state index in [9.17, 15) is 9.18 Å². The number of nitrogens with one attached hydrogen (secondary N) is 1. The van der Waals surface area contributed by atoms with Crippen LogP contribution in [0.25, 0.3) is 11.3 Å². The third-order valence-corrected chi connectivity index (χ3v) is 4.94.